The van der Waals surface area contributed by atoms with E-state index in [2.05, 4.69) is 0 Å². The lowest BCUT2D eigenvalue weighted by molar-refractivity contribution is -0.162. The van der Waals surface area contributed by atoms with Crippen LogP contribution in [0, 0.1) is 5.92 Å². The second-order valence-electron chi connectivity index (χ2n) is 4.25. The highest BCUT2D eigenvalue weighted by atomic mass is 19.4. The highest BCUT2D eigenvalue weighted by molar-refractivity contribution is 5.77. The van der Waals surface area contributed by atoms with Gasteiger partial charge in [0.1, 0.15) is 6.42 Å². The molecule has 2 unspecified atom stereocenters. The van der Waals surface area contributed by atoms with Gasteiger partial charge in [-0.05, 0) is 12.3 Å². The predicted octanol–water partition coefficient (Wildman–Crippen LogP) is 1.52. The summed E-state index contributed by atoms with van der Waals surface area (Å²) in [4.78, 5) is 12.6. The molecule has 0 radical (unpaired) electrons. The summed E-state index contributed by atoms with van der Waals surface area (Å²) in [6.07, 6.45) is -4.41. The van der Waals surface area contributed by atoms with Crippen LogP contribution in [0.15, 0.2) is 0 Å². The maximum atomic E-state index is 12.0. The average Bonchev–Trinajstić information content (AvgIpc) is 2.15. The largest absolute Gasteiger partial charge is 0.397 e. The van der Waals surface area contributed by atoms with Gasteiger partial charge in [0.15, 0.2) is 0 Å². The van der Waals surface area contributed by atoms with Crippen LogP contribution in [0.3, 0.4) is 0 Å². The van der Waals surface area contributed by atoms with Crippen LogP contribution in [-0.2, 0) is 4.79 Å². The van der Waals surface area contributed by atoms with E-state index in [1.54, 1.807) is 0 Å². The van der Waals surface area contributed by atoms with E-state index >= 15 is 0 Å². The molecule has 1 aliphatic heterocycles. The fourth-order valence-corrected chi connectivity index (χ4v) is 1.99. The molecule has 0 aromatic heterocycles. The number of alkyl halides is 3. The SMILES string of the molecule is CCC1CN(C(=O)CC(F)(F)F)CCC1N. The van der Waals surface area contributed by atoms with Crippen molar-refractivity contribution >= 4 is 5.91 Å². The van der Waals surface area contributed by atoms with E-state index < -0.39 is 18.5 Å². The van der Waals surface area contributed by atoms with E-state index in [1.807, 2.05) is 6.92 Å². The second kappa shape index (κ2) is 5.03. The van der Waals surface area contributed by atoms with Crippen LogP contribution in [0.4, 0.5) is 13.2 Å². The van der Waals surface area contributed by atoms with Crippen LogP contribution in [0.5, 0.6) is 0 Å². The quantitative estimate of drug-likeness (QED) is 0.793. The summed E-state index contributed by atoms with van der Waals surface area (Å²) in [5.74, 6) is -0.719. The molecule has 6 heteroatoms. The highest BCUT2D eigenvalue weighted by Gasteiger charge is 2.36. The summed E-state index contributed by atoms with van der Waals surface area (Å²) in [5.41, 5.74) is 5.82. The number of hydrogen-bond donors (Lipinski definition) is 1. The Morgan fingerprint density at radius 3 is 2.62 bits per heavy atom. The summed E-state index contributed by atoms with van der Waals surface area (Å²) in [6.45, 7) is 2.63. The maximum absolute atomic E-state index is 12.0. The molecule has 1 saturated heterocycles. The van der Waals surface area contributed by atoms with Gasteiger partial charge in [0.2, 0.25) is 5.91 Å². The molecule has 0 spiro atoms. The molecule has 1 rings (SSSR count). The van der Waals surface area contributed by atoms with Crippen molar-refractivity contribution in [1.29, 1.82) is 0 Å². The molecule has 0 saturated carbocycles. The summed E-state index contributed by atoms with van der Waals surface area (Å²) in [7, 11) is 0. The van der Waals surface area contributed by atoms with Crippen molar-refractivity contribution in [2.24, 2.45) is 11.7 Å². The van der Waals surface area contributed by atoms with E-state index in [1.165, 1.54) is 4.90 Å². The molecule has 1 fully saturated rings. The summed E-state index contributed by atoms with van der Waals surface area (Å²) in [5, 5.41) is 0. The van der Waals surface area contributed by atoms with Gasteiger partial charge in [-0.25, -0.2) is 0 Å². The Balaban J connectivity index is 2.52. The third-order valence-electron chi connectivity index (χ3n) is 3.02. The third kappa shape index (κ3) is 3.66. The molecular formula is C10H17F3N2O. The van der Waals surface area contributed by atoms with Gasteiger partial charge in [-0.15, -0.1) is 0 Å². The number of carbonyl (C=O) groups excluding carboxylic acids is 1. The Morgan fingerprint density at radius 1 is 1.50 bits per heavy atom. The summed E-state index contributed by atoms with van der Waals surface area (Å²) in [6, 6.07) is -0.0000586. The van der Waals surface area contributed by atoms with Crippen LogP contribution in [0.25, 0.3) is 0 Å². The minimum atomic E-state index is -4.42. The summed E-state index contributed by atoms with van der Waals surface area (Å²) >= 11 is 0. The first-order chi connectivity index (χ1) is 7.33. The first-order valence-corrected chi connectivity index (χ1v) is 5.43. The smallest absolute Gasteiger partial charge is 0.342 e. The Kier molecular flexibility index (Phi) is 4.18. The minimum Gasteiger partial charge on any atom is -0.342 e. The maximum Gasteiger partial charge on any atom is 0.397 e. The van der Waals surface area contributed by atoms with Crippen molar-refractivity contribution in [3.05, 3.63) is 0 Å². The van der Waals surface area contributed by atoms with Gasteiger partial charge in [-0.3, -0.25) is 4.79 Å². The number of nitrogens with two attached hydrogens (primary N) is 1. The van der Waals surface area contributed by atoms with Gasteiger partial charge in [0, 0.05) is 19.1 Å². The normalized spacial score (nSPS) is 26.9. The van der Waals surface area contributed by atoms with Crippen LogP contribution < -0.4 is 5.73 Å². The zero-order valence-electron chi connectivity index (χ0n) is 9.26. The number of piperidine rings is 1. The van der Waals surface area contributed by atoms with Gasteiger partial charge >= 0.3 is 6.18 Å². The number of likely N-dealkylation sites (tertiary alicyclic amines) is 1. The first-order valence-electron chi connectivity index (χ1n) is 5.43. The fourth-order valence-electron chi connectivity index (χ4n) is 1.99. The molecule has 2 atom stereocenters. The minimum absolute atomic E-state index is 0.0000586. The number of amides is 1. The van der Waals surface area contributed by atoms with Gasteiger partial charge < -0.3 is 10.6 Å². The van der Waals surface area contributed by atoms with E-state index in [-0.39, 0.29) is 12.0 Å². The second-order valence-corrected chi connectivity index (χ2v) is 4.25. The molecule has 3 nitrogen and oxygen atoms in total. The number of carbonyl (C=O) groups is 1. The van der Waals surface area contributed by atoms with Crippen LogP contribution >= 0.6 is 0 Å². The molecule has 0 aromatic carbocycles. The monoisotopic (exact) mass is 238 g/mol. The highest BCUT2D eigenvalue weighted by Crippen LogP contribution is 2.24. The lowest BCUT2D eigenvalue weighted by Crippen LogP contribution is -2.49. The van der Waals surface area contributed by atoms with Crippen molar-refractivity contribution in [2.75, 3.05) is 13.1 Å². The van der Waals surface area contributed by atoms with Gasteiger partial charge in [0.05, 0.1) is 0 Å². The Labute approximate surface area is 92.8 Å². The standard InChI is InChI=1S/C10H17F3N2O/c1-2-7-6-15(4-3-8(7)14)9(16)5-10(11,12)13/h7-8H,2-6,14H2,1H3. The first kappa shape index (κ1) is 13.3. The van der Waals surface area contributed by atoms with E-state index in [9.17, 15) is 18.0 Å². The zero-order chi connectivity index (χ0) is 12.3. The topological polar surface area (TPSA) is 46.3 Å². The average molecular weight is 238 g/mol. The van der Waals surface area contributed by atoms with E-state index in [0.717, 1.165) is 6.42 Å². The third-order valence-corrected chi connectivity index (χ3v) is 3.02. The van der Waals surface area contributed by atoms with E-state index in [0.29, 0.717) is 19.5 Å². The van der Waals surface area contributed by atoms with Crippen molar-refractivity contribution < 1.29 is 18.0 Å². The molecule has 1 amide bonds. The molecule has 1 aliphatic rings. The van der Waals surface area contributed by atoms with E-state index in [4.69, 9.17) is 5.73 Å². The molecule has 0 aromatic rings. The van der Waals surface area contributed by atoms with Gasteiger partial charge in [0.25, 0.3) is 0 Å². The molecule has 0 aliphatic carbocycles. The Bertz CT molecular complexity index is 255. The zero-order valence-corrected chi connectivity index (χ0v) is 9.26. The Hall–Kier alpha value is -0.780. The molecule has 16 heavy (non-hydrogen) atoms. The van der Waals surface area contributed by atoms with Crippen molar-refractivity contribution in [3.63, 3.8) is 0 Å². The fraction of sp³-hybridized carbons (Fsp3) is 0.900. The van der Waals surface area contributed by atoms with Crippen LogP contribution in [0.2, 0.25) is 0 Å². The molecular weight excluding hydrogens is 221 g/mol. The molecule has 1 heterocycles. The van der Waals surface area contributed by atoms with Gasteiger partial charge in [-0.1, -0.05) is 13.3 Å². The molecule has 2 N–H and O–H groups in total. The number of halogens is 3. The van der Waals surface area contributed by atoms with Crippen LogP contribution in [0.1, 0.15) is 26.2 Å². The molecule has 0 bridgehead atoms. The van der Waals surface area contributed by atoms with Crippen LogP contribution in [-0.4, -0.2) is 36.1 Å². The lowest BCUT2D eigenvalue weighted by Gasteiger charge is -2.36. The lowest BCUT2D eigenvalue weighted by atomic mass is 9.90. The molecule has 94 valence electrons. The van der Waals surface area contributed by atoms with Crippen molar-refractivity contribution in [2.45, 2.75) is 38.4 Å². The van der Waals surface area contributed by atoms with Crippen molar-refractivity contribution in [1.82, 2.24) is 4.90 Å². The number of rotatable bonds is 2. The predicted molar refractivity (Wildman–Crippen MR) is 53.6 cm³/mol. The summed E-state index contributed by atoms with van der Waals surface area (Å²) < 4.78 is 36.1. The number of hydrogen-bond acceptors (Lipinski definition) is 2. The Morgan fingerprint density at radius 2 is 2.12 bits per heavy atom. The number of nitrogens with zero attached hydrogens (tertiary/aromatic N) is 1. The van der Waals surface area contributed by atoms with Gasteiger partial charge in [-0.2, -0.15) is 13.2 Å². The van der Waals surface area contributed by atoms with Crippen molar-refractivity contribution in [3.8, 4) is 0 Å².